The summed E-state index contributed by atoms with van der Waals surface area (Å²) >= 11 is 0. The van der Waals surface area contributed by atoms with Gasteiger partial charge in [-0.3, -0.25) is 14.9 Å². The lowest BCUT2D eigenvalue weighted by atomic mass is 9.48. The van der Waals surface area contributed by atoms with Crippen LogP contribution in [0.1, 0.15) is 55.9 Å². The number of hydrogen-bond acceptors (Lipinski definition) is 5. The highest BCUT2D eigenvalue weighted by molar-refractivity contribution is 5.90. The maximum absolute atomic E-state index is 12.4. The summed E-state index contributed by atoms with van der Waals surface area (Å²) in [6.45, 7) is 1.70. The first-order chi connectivity index (χ1) is 13.3. The Morgan fingerprint density at radius 3 is 2.36 bits per heavy atom. The first-order valence-electron chi connectivity index (χ1n) is 10.0. The molecule has 4 bridgehead atoms. The van der Waals surface area contributed by atoms with Crippen molar-refractivity contribution in [2.24, 2.45) is 30.2 Å². The van der Waals surface area contributed by atoms with E-state index in [1.165, 1.54) is 56.3 Å². The van der Waals surface area contributed by atoms with E-state index >= 15 is 0 Å². The molecule has 4 saturated carbocycles. The van der Waals surface area contributed by atoms with Gasteiger partial charge in [-0.2, -0.15) is 0 Å². The highest BCUT2D eigenvalue weighted by atomic mass is 16.6. The van der Waals surface area contributed by atoms with E-state index in [-0.39, 0.29) is 35.4 Å². The minimum atomic E-state index is -0.742. The fourth-order valence-electron chi connectivity index (χ4n) is 6.20. The summed E-state index contributed by atoms with van der Waals surface area (Å²) in [6, 6.07) is 1.21. The number of nitrogens with zero attached hydrogens (tertiary/aromatic N) is 2. The van der Waals surface area contributed by atoms with Crippen LogP contribution in [0.5, 0.6) is 0 Å². The second kappa shape index (κ2) is 6.90. The Morgan fingerprint density at radius 1 is 1.29 bits per heavy atom. The van der Waals surface area contributed by atoms with E-state index in [1.54, 1.807) is 0 Å². The van der Waals surface area contributed by atoms with Crippen LogP contribution in [0.25, 0.3) is 0 Å². The summed E-state index contributed by atoms with van der Waals surface area (Å²) in [5.41, 5.74) is 0.0515. The van der Waals surface area contributed by atoms with Gasteiger partial charge in [0.15, 0.2) is 6.61 Å². The van der Waals surface area contributed by atoms with Crippen molar-refractivity contribution in [1.29, 1.82) is 0 Å². The fourth-order valence-corrected chi connectivity index (χ4v) is 6.20. The number of rotatable bonds is 6. The third kappa shape index (κ3) is 3.40. The molecule has 8 nitrogen and oxygen atoms in total. The topological polar surface area (TPSA) is 103 Å². The molecule has 1 atom stereocenters. The molecule has 0 radical (unpaired) electrons. The SMILES string of the molecule is CC(NC(=O)COC(=O)c1cc([N+](=O)[O-])cn1C)C12CC3CC(CC(C3)C1)C2. The number of hydrogen-bond donors (Lipinski definition) is 1. The van der Waals surface area contributed by atoms with E-state index in [2.05, 4.69) is 12.2 Å². The quantitative estimate of drug-likeness (QED) is 0.458. The number of ether oxygens (including phenoxy) is 1. The van der Waals surface area contributed by atoms with E-state index in [9.17, 15) is 19.7 Å². The molecule has 4 aliphatic carbocycles. The van der Waals surface area contributed by atoms with E-state index in [0.717, 1.165) is 23.8 Å². The third-order valence-electron chi connectivity index (χ3n) is 7.13. The Kier molecular flexibility index (Phi) is 4.67. The molecule has 1 aromatic rings. The van der Waals surface area contributed by atoms with Gasteiger partial charge in [-0.15, -0.1) is 0 Å². The second-order valence-electron chi connectivity index (χ2n) is 9.10. The normalized spacial score (nSPS) is 31.4. The van der Waals surface area contributed by atoms with Gasteiger partial charge in [-0.1, -0.05) is 0 Å². The number of aryl methyl sites for hydroxylation is 1. The molecule has 0 aliphatic heterocycles. The molecule has 8 heteroatoms. The number of amides is 1. The first kappa shape index (κ1) is 19.0. The van der Waals surface area contributed by atoms with Crippen LogP contribution >= 0.6 is 0 Å². The number of esters is 1. The average Bonchev–Trinajstić information content (AvgIpc) is 3.00. The zero-order valence-corrected chi connectivity index (χ0v) is 16.3. The molecule has 4 aliphatic rings. The fraction of sp³-hybridized carbons (Fsp3) is 0.700. The predicted octanol–water partition coefficient (Wildman–Crippen LogP) is 2.81. The molecular weight excluding hydrogens is 362 g/mol. The highest BCUT2D eigenvalue weighted by Crippen LogP contribution is 2.61. The number of nitro groups is 1. The molecule has 28 heavy (non-hydrogen) atoms. The lowest BCUT2D eigenvalue weighted by Gasteiger charge is -2.59. The summed E-state index contributed by atoms with van der Waals surface area (Å²) < 4.78 is 6.42. The zero-order chi connectivity index (χ0) is 20.1. The summed E-state index contributed by atoms with van der Waals surface area (Å²) in [7, 11) is 1.53. The van der Waals surface area contributed by atoms with Crippen LogP contribution in [0.15, 0.2) is 12.3 Å². The van der Waals surface area contributed by atoms with Crippen LogP contribution in [0.3, 0.4) is 0 Å². The minimum absolute atomic E-state index is 0.0497. The van der Waals surface area contributed by atoms with Gasteiger partial charge in [0.1, 0.15) is 5.69 Å². The lowest BCUT2D eigenvalue weighted by molar-refractivity contribution is -0.384. The van der Waals surface area contributed by atoms with Crippen molar-refractivity contribution in [3.8, 4) is 0 Å². The Bertz CT molecular complexity index is 779. The average molecular weight is 389 g/mol. The maximum Gasteiger partial charge on any atom is 0.355 e. The van der Waals surface area contributed by atoms with Crippen molar-refractivity contribution in [1.82, 2.24) is 9.88 Å². The van der Waals surface area contributed by atoms with Gasteiger partial charge in [0, 0.05) is 19.2 Å². The van der Waals surface area contributed by atoms with Crippen molar-refractivity contribution in [2.45, 2.75) is 51.5 Å². The molecule has 1 unspecified atom stereocenters. The Morgan fingerprint density at radius 2 is 1.86 bits per heavy atom. The van der Waals surface area contributed by atoms with E-state index < -0.39 is 10.9 Å². The van der Waals surface area contributed by atoms with E-state index in [0.29, 0.717) is 0 Å². The molecule has 5 rings (SSSR count). The van der Waals surface area contributed by atoms with Gasteiger partial charge in [0.25, 0.3) is 11.6 Å². The lowest BCUT2D eigenvalue weighted by Crippen LogP contribution is -2.56. The molecule has 1 heterocycles. The van der Waals surface area contributed by atoms with Crippen molar-refractivity contribution >= 4 is 17.6 Å². The van der Waals surface area contributed by atoms with Gasteiger partial charge in [0.2, 0.25) is 0 Å². The van der Waals surface area contributed by atoms with Crippen molar-refractivity contribution in [3.63, 3.8) is 0 Å². The van der Waals surface area contributed by atoms with Crippen molar-refractivity contribution < 1.29 is 19.2 Å². The Hall–Kier alpha value is -2.38. The van der Waals surface area contributed by atoms with Crippen LogP contribution in [0.2, 0.25) is 0 Å². The molecule has 152 valence electrons. The van der Waals surface area contributed by atoms with Crippen molar-refractivity contribution in [2.75, 3.05) is 6.61 Å². The largest absolute Gasteiger partial charge is 0.451 e. The zero-order valence-electron chi connectivity index (χ0n) is 16.3. The molecular formula is C20H27N3O5. The monoisotopic (exact) mass is 389 g/mol. The predicted molar refractivity (Wildman–Crippen MR) is 101 cm³/mol. The van der Waals surface area contributed by atoms with Crippen molar-refractivity contribution in [3.05, 3.63) is 28.1 Å². The molecule has 1 aromatic heterocycles. The molecule has 0 saturated heterocycles. The Balaban J connectivity index is 1.32. The van der Waals surface area contributed by atoms with Crippen LogP contribution < -0.4 is 5.32 Å². The number of carbonyl (C=O) groups is 2. The van der Waals surface area contributed by atoms with Crippen LogP contribution in [-0.2, 0) is 16.6 Å². The molecule has 0 aromatic carbocycles. The summed E-state index contributed by atoms with van der Waals surface area (Å²) in [4.78, 5) is 34.8. The molecule has 4 fully saturated rings. The molecule has 1 N–H and O–H groups in total. The summed E-state index contributed by atoms with van der Waals surface area (Å²) in [6.07, 6.45) is 8.85. The van der Waals surface area contributed by atoms with E-state index in [4.69, 9.17) is 4.74 Å². The number of aromatic nitrogens is 1. The molecule has 0 spiro atoms. The van der Waals surface area contributed by atoms with Gasteiger partial charge < -0.3 is 14.6 Å². The van der Waals surface area contributed by atoms with E-state index in [1.807, 2.05) is 0 Å². The van der Waals surface area contributed by atoms with Crippen LogP contribution in [0, 0.1) is 33.3 Å². The second-order valence-corrected chi connectivity index (χ2v) is 9.10. The van der Waals surface area contributed by atoms with Gasteiger partial charge in [0.05, 0.1) is 11.1 Å². The Labute approximate surface area is 163 Å². The maximum atomic E-state index is 12.4. The third-order valence-corrected chi connectivity index (χ3v) is 7.13. The first-order valence-corrected chi connectivity index (χ1v) is 10.0. The van der Waals surface area contributed by atoms with Gasteiger partial charge >= 0.3 is 5.97 Å². The van der Waals surface area contributed by atoms with Crippen LogP contribution in [0.4, 0.5) is 5.69 Å². The van der Waals surface area contributed by atoms with Crippen LogP contribution in [-0.4, -0.2) is 34.0 Å². The molecule has 1 amide bonds. The summed E-state index contributed by atoms with van der Waals surface area (Å²) in [5, 5.41) is 13.9. The number of carbonyl (C=O) groups excluding carboxylic acids is 2. The smallest absolute Gasteiger partial charge is 0.355 e. The minimum Gasteiger partial charge on any atom is -0.451 e. The number of nitrogens with one attached hydrogen (secondary N) is 1. The summed E-state index contributed by atoms with van der Waals surface area (Å²) in [5.74, 6) is 1.35. The van der Waals surface area contributed by atoms with Gasteiger partial charge in [-0.05, 0) is 68.6 Å². The van der Waals surface area contributed by atoms with Gasteiger partial charge in [-0.25, -0.2) is 4.79 Å². The highest BCUT2D eigenvalue weighted by Gasteiger charge is 2.53. The standard InChI is InChI=1S/C20H27N3O5/c1-12(20-7-13-3-14(8-20)5-15(4-13)9-20)21-18(24)11-28-19(25)17-6-16(23(26)27)10-22(17)2/h6,10,12-15H,3-5,7-9,11H2,1-2H3,(H,21,24).